The molecular formula is C18H20N4O2. The minimum absolute atomic E-state index is 0.0506. The highest BCUT2D eigenvalue weighted by molar-refractivity contribution is 5.95. The van der Waals surface area contributed by atoms with Gasteiger partial charge in [0.15, 0.2) is 11.6 Å². The Kier molecular flexibility index (Phi) is 4.02. The van der Waals surface area contributed by atoms with Gasteiger partial charge < -0.3 is 14.5 Å². The van der Waals surface area contributed by atoms with E-state index < -0.39 is 0 Å². The SMILES string of the molecule is O=C(c1cnc2c(c1)OCCN2c1ccncc1)N1CCCCC1. The van der Waals surface area contributed by atoms with Crippen molar-refractivity contribution < 1.29 is 9.53 Å². The lowest BCUT2D eigenvalue weighted by Gasteiger charge is -2.31. The van der Waals surface area contributed by atoms with Crippen molar-refractivity contribution in [1.29, 1.82) is 0 Å². The molecule has 4 rings (SSSR count). The van der Waals surface area contributed by atoms with Crippen LogP contribution in [0.5, 0.6) is 5.75 Å². The molecule has 2 aliphatic heterocycles. The monoisotopic (exact) mass is 324 g/mol. The van der Waals surface area contributed by atoms with Crippen LogP contribution >= 0.6 is 0 Å². The number of hydrogen-bond acceptors (Lipinski definition) is 5. The average molecular weight is 324 g/mol. The first-order valence-electron chi connectivity index (χ1n) is 8.42. The van der Waals surface area contributed by atoms with Crippen LogP contribution in [-0.4, -0.2) is 47.0 Å². The van der Waals surface area contributed by atoms with E-state index in [-0.39, 0.29) is 5.91 Å². The van der Waals surface area contributed by atoms with Crippen LogP contribution in [0.15, 0.2) is 36.8 Å². The van der Waals surface area contributed by atoms with Crippen molar-refractivity contribution in [2.75, 3.05) is 31.1 Å². The molecule has 1 saturated heterocycles. The van der Waals surface area contributed by atoms with Gasteiger partial charge in [0.05, 0.1) is 12.1 Å². The van der Waals surface area contributed by atoms with Gasteiger partial charge in [0.2, 0.25) is 0 Å². The van der Waals surface area contributed by atoms with E-state index in [1.807, 2.05) is 23.1 Å². The van der Waals surface area contributed by atoms with Crippen molar-refractivity contribution in [3.63, 3.8) is 0 Å². The van der Waals surface area contributed by atoms with Crippen molar-refractivity contribution >= 4 is 17.4 Å². The van der Waals surface area contributed by atoms with Gasteiger partial charge in [-0.3, -0.25) is 9.78 Å². The van der Waals surface area contributed by atoms with Crippen molar-refractivity contribution in [1.82, 2.24) is 14.9 Å². The molecule has 24 heavy (non-hydrogen) atoms. The molecule has 0 radical (unpaired) electrons. The van der Waals surface area contributed by atoms with Crippen LogP contribution in [-0.2, 0) is 0 Å². The van der Waals surface area contributed by atoms with Crippen molar-refractivity contribution in [2.45, 2.75) is 19.3 Å². The van der Waals surface area contributed by atoms with E-state index in [2.05, 4.69) is 14.9 Å². The molecule has 6 nitrogen and oxygen atoms in total. The highest BCUT2D eigenvalue weighted by Crippen LogP contribution is 2.35. The summed E-state index contributed by atoms with van der Waals surface area (Å²) in [7, 11) is 0. The fraction of sp³-hybridized carbons (Fsp3) is 0.389. The number of pyridine rings is 2. The molecule has 2 aromatic heterocycles. The Labute approximate surface area is 141 Å². The summed E-state index contributed by atoms with van der Waals surface area (Å²) in [5.41, 5.74) is 1.63. The molecule has 1 fully saturated rings. The van der Waals surface area contributed by atoms with Gasteiger partial charge in [0.25, 0.3) is 5.91 Å². The number of likely N-dealkylation sites (tertiary alicyclic amines) is 1. The number of ether oxygens (including phenoxy) is 1. The molecule has 0 unspecified atom stereocenters. The summed E-state index contributed by atoms with van der Waals surface area (Å²) in [4.78, 5) is 25.2. The summed E-state index contributed by atoms with van der Waals surface area (Å²) in [6, 6.07) is 5.72. The number of nitrogens with zero attached hydrogens (tertiary/aromatic N) is 4. The van der Waals surface area contributed by atoms with Crippen molar-refractivity contribution in [3.8, 4) is 5.75 Å². The van der Waals surface area contributed by atoms with E-state index >= 15 is 0 Å². The lowest BCUT2D eigenvalue weighted by Crippen LogP contribution is -2.36. The summed E-state index contributed by atoms with van der Waals surface area (Å²) < 4.78 is 5.76. The second kappa shape index (κ2) is 6.47. The van der Waals surface area contributed by atoms with Crippen LogP contribution in [0.1, 0.15) is 29.6 Å². The molecule has 0 saturated carbocycles. The maximum Gasteiger partial charge on any atom is 0.255 e. The maximum atomic E-state index is 12.6. The minimum atomic E-state index is 0.0506. The predicted octanol–water partition coefficient (Wildman–Crippen LogP) is 2.63. The van der Waals surface area contributed by atoms with Crippen LogP contribution in [0.25, 0.3) is 0 Å². The molecule has 0 bridgehead atoms. The van der Waals surface area contributed by atoms with E-state index in [9.17, 15) is 4.79 Å². The molecule has 2 aliphatic rings. The predicted molar refractivity (Wildman–Crippen MR) is 90.7 cm³/mol. The summed E-state index contributed by atoms with van der Waals surface area (Å²) >= 11 is 0. The summed E-state index contributed by atoms with van der Waals surface area (Å²) in [6.45, 7) is 2.96. The van der Waals surface area contributed by atoms with E-state index in [1.165, 1.54) is 6.42 Å². The zero-order valence-electron chi connectivity index (χ0n) is 13.5. The summed E-state index contributed by atoms with van der Waals surface area (Å²) in [5, 5.41) is 0. The number of amides is 1. The fourth-order valence-electron chi connectivity index (χ4n) is 3.27. The Hall–Kier alpha value is -2.63. The zero-order chi connectivity index (χ0) is 16.4. The maximum absolute atomic E-state index is 12.6. The summed E-state index contributed by atoms with van der Waals surface area (Å²) in [5.74, 6) is 1.47. The van der Waals surface area contributed by atoms with Gasteiger partial charge in [-0.2, -0.15) is 0 Å². The molecule has 1 amide bonds. The van der Waals surface area contributed by atoms with Gasteiger partial charge in [-0.05, 0) is 37.5 Å². The Morgan fingerprint density at radius 1 is 1.08 bits per heavy atom. The van der Waals surface area contributed by atoms with Gasteiger partial charge in [0, 0.05) is 37.4 Å². The standard InChI is InChI=1S/C18H20N4O2/c23-18(21-8-2-1-3-9-21)14-12-16-17(20-13-14)22(10-11-24-16)15-4-6-19-7-5-15/h4-7,12-13H,1-3,8-11H2. The van der Waals surface area contributed by atoms with Gasteiger partial charge in [-0.1, -0.05) is 0 Å². The normalized spacial score (nSPS) is 17.2. The number of hydrogen-bond donors (Lipinski definition) is 0. The van der Waals surface area contributed by atoms with E-state index in [1.54, 1.807) is 18.6 Å². The minimum Gasteiger partial charge on any atom is -0.488 e. The molecule has 0 aliphatic carbocycles. The number of fused-ring (bicyclic) bond motifs is 1. The largest absolute Gasteiger partial charge is 0.488 e. The van der Waals surface area contributed by atoms with Crippen molar-refractivity contribution in [3.05, 3.63) is 42.4 Å². The van der Waals surface area contributed by atoms with Crippen LogP contribution in [0.2, 0.25) is 0 Å². The Morgan fingerprint density at radius 3 is 2.67 bits per heavy atom. The quantitative estimate of drug-likeness (QED) is 0.850. The van der Waals surface area contributed by atoms with Gasteiger partial charge in [-0.15, -0.1) is 0 Å². The van der Waals surface area contributed by atoms with Crippen LogP contribution in [0, 0.1) is 0 Å². The highest BCUT2D eigenvalue weighted by Gasteiger charge is 2.24. The Morgan fingerprint density at radius 2 is 1.88 bits per heavy atom. The van der Waals surface area contributed by atoms with Gasteiger partial charge in [-0.25, -0.2) is 4.98 Å². The first kappa shape index (κ1) is 14.9. The van der Waals surface area contributed by atoms with E-state index in [4.69, 9.17) is 4.74 Å². The Balaban J connectivity index is 1.62. The first-order chi connectivity index (χ1) is 11.8. The summed E-state index contributed by atoms with van der Waals surface area (Å²) in [6.07, 6.45) is 8.55. The average Bonchev–Trinajstić information content (AvgIpc) is 2.68. The Bertz CT molecular complexity index is 729. The molecule has 2 aromatic rings. The second-order valence-electron chi connectivity index (χ2n) is 6.10. The molecule has 124 valence electrons. The molecule has 0 N–H and O–H groups in total. The van der Waals surface area contributed by atoms with E-state index in [0.29, 0.717) is 17.9 Å². The first-order valence-corrected chi connectivity index (χ1v) is 8.42. The molecule has 0 atom stereocenters. The highest BCUT2D eigenvalue weighted by atomic mass is 16.5. The van der Waals surface area contributed by atoms with Crippen LogP contribution in [0.3, 0.4) is 0 Å². The number of anilines is 2. The number of carbonyl (C=O) groups is 1. The number of rotatable bonds is 2. The van der Waals surface area contributed by atoms with E-state index in [0.717, 1.165) is 44.0 Å². The lowest BCUT2D eigenvalue weighted by atomic mass is 10.1. The number of aromatic nitrogens is 2. The molecule has 0 aromatic carbocycles. The third-order valence-corrected chi connectivity index (χ3v) is 4.53. The van der Waals surface area contributed by atoms with Crippen molar-refractivity contribution in [2.24, 2.45) is 0 Å². The topological polar surface area (TPSA) is 58.6 Å². The van der Waals surface area contributed by atoms with Gasteiger partial charge >= 0.3 is 0 Å². The molecular weight excluding hydrogens is 304 g/mol. The third-order valence-electron chi connectivity index (χ3n) is 4.53. The lowest BCUT2D eigenvalue weighted by molar-refractivity contribution is 0.0723. The third kappa shape index (κ3) is 2.79. The van der Waals surface area contributed by atoms with Crippen LogP contribution in [0.4, 0.5) is 11.5 Å². The zero-order valence-corrected chi connectivity index (χ0v) is 13.5. The number of carbonyl (C=O) groups excluding carboxylic acids is 1. The second-order valence-corrected chi connectivity index (χ2v) is 6.10. The van der Waals surface area contributed by atoms with Crippen LogP contribution < -0.4 is 9.64 Å². The molecule has 0 spiro atoms. The van der Waals surface area contributed by atoms with Gasteiger partial charge in [0.1, 0.15) is 6.61 Å². The molecule has 4 heterocycles. The number of piperidine rings is 1. The molecule has 6 heteroatoms. The smallest absolute Gasteiger partial charge is 0.255 e. The fourth-order valence-corrected chi connectivity index (χ4v) is 3.27.